The molecule has 3 aromatic rings. The molecule has 0 aliphatic carbocycles. The summed E-state index contributed by atoms with van der Waals surface area (Å²) in [7, 11) is 1.83. The minimum atomic E-state index is 0.0831. The summed E-state index contributed by atoms with van der Waals surface area (Å²) in [5.41, 5.74) is 3.26. The number of amides is 1. The fraction of sp³-hybridized carbons (Fsp3) is 0.235. The third-order valence-corrected chi connectivity index (χ3v) is 6.70. The average molecular weight is 408 g/mol. The van der Waals surface area contributed by atoms with Gasteiger partial charge in [-0.05, 0) is 53.2 Å². The van der Waals surface area contributed by atoms with Crippen LogP contribution in [0.5, 0.6) is 0 Å². The first kappa shape index (κ1) is 18.3. The van der Waals surface area contributed by atoms with Gasteiger partial charge in [-0.2, -0.15) is 11.3 Å². The Kier molecular flexibility index (Phi) is 6.06. The van der Waals surface area contributed by atoms with Crippen molar-refractivity contribution < 1.29 is 4.79 Å². The smallest absolute Gasteiger partial charge is 0.233 e. The summed E-state index contributed by atoms with van der Waals surface area (Å²) < 4.78 is 3.28. The van der Waals surface area contributed by atoms with Crippen molar-refractivity contribution in [1.29, 1.82) is 0 Å². The first-order valence-electron chi connectivity index (χ1n) is 7.58. The summed E-state index contributed by atoms with van der Waals surface area (Å²) in [5.74, 6) is 0.441. The van der Waals surface area contributed by atoms with E-state index in [2.05, 4.69) is 10.5 Å². The lowest BCUT2D eigenvalue weighted by Crippen LogP contribution is -2.27. The van der Waals surface area contributed by atoms with Crippen molar-refractivity contribution in [2.24, 2.45) is 0 Å². The third kappa shape index (κ3) is 4.58. The van der Waals surface area contributed by atoms with E-state index in [1.54, 1.807) is 20.9 Å². The number of thioether (sulfide) groups is 1. The summed E-state index contributed by atoms with van der Waals surface area (Å²) in [6, 6.07) is 10.0. The van der Waals surface area contributed by atoms with Crippen LogP contribution < -0.4 is 0 Å². The fourth-order valence-corrected chi connectivity index (χ4v) is 5.20. The highest BCUT2D eigenvalue weighted by molar-refractivity contribution is 8.01. The van der Waals surface area contributed by atoms with E-state index in [9.17, 15) is 4.79 Å². The van der Waals surface area contributed by atoms with Gasteiger partial charge >= 0.3 is 0 Å². The standard InChI is InChI=1S/C17H17N3OS4/c1-12-5-3-4-6-14(12)20-17(22)25-16(18-20)24-11-15(21)19(2)9-13-7-8-23-10-13/h3-8,10H,9,11H2,1-2H3. The molecule has 2 aromatic heterocycles. The Bertz CT molecular complexity index is 914. The molecule has 4 nitrogen and oxygen atoms in total. The lowest BCUT2D eigenvalue weighted by Gasteiger charge is -2.15. The number of carbonyl (C=O) groups excluding carboxylic acids is 1. The van der Waals surface area contributed by atoms with Gasteiger partial charge in [-0.1, -0.05) is 41.3 Å². The fourth-order valence-electron chi connectivity index (χ4n) is 2.25. The summed E-state index contributed by atoms with van der Waals surface area (Å²) in [6.07, 6.45) is 0. The zero-order valence-electron chi connectivity index (χ0n) is 13.8. The maximum atomic E-state index is 12.3. The summed E-state index contributed by atoms with van der Waals surface area (Å²) in [5, 5.41) is 8.66. The van der Waals surface area contributed by atoms with Crippen LogP contribution in [0.3, 0.4) is 0 Å². The Hall–Kier alpha value is -1.48. The second-order valence-corrected chi connectivity index (χ2v) is 9.13. The lowest BCUT2D eigenvalue weighted by atomic mass is 10.2. The largest absolute Gasteiger partial charge is 0.341 e. The molecule has 0 N–H and O–H groups in total. The van der Waals surface area contributed by atoms with Gasteiger partial charge in [0.15, 0.2) is 8.29 Å². The van der Waals surface area contributed by atoms with Crippen molar-refractivity contribution in [3.05, 3.63) is 56.2 Å². The van der Waals surface area contributed by atoms with Crippen LogP contribution in [0.4, 0.5) is 0 Å². The van der Waals surface area contributed by atoms with Gasteiger partial charge in [0.1, 0.15) is 0 Å². The third-order valence-electron chi connectivity index (χ3n) is 3.62. The molecular weight excluding hydrogens is 390 g/mol. The van der Waals surface area contributed by atoms with Crippen molar-refractivity contribution in [2.75, 3.05) is 12.8 Å². The number of benzene rings is 1. The molecule has 0 radical (unpaired) electrons. The molecular formula is C17H17N3OS4. The molecule has 0 saturated heterocycles. The minimum absolute atomic E-state index is 0.0831. The van der Waals surface area contributed by atoms with Crippen molar-refractivity contribution in [2.45, 2.75) is 17.8 Å². The maximum Gasteiger partial charge on any atom is 0.233 e. The normalized spacial score (nSPS) is 10.8. The average Bonchev–Trinajstić information content (AvgIpc) is 3.22. The highest BCUT2D eigenvalue weighted by Crippen LogP contribution is 2.25. The van der Waals surface area contributed by atoms with Crippen LogP contribution in [-0.4, -0.2) is 33.4 Å². The van der Waals surface area contributed by atoms with Gasteiger partial charge in [0.25, 0.3) is 0 Å². The SMILES string of the molecule is Cc1ccccc1-n1nc(SCC(=O)N(C)Cc2ccsc2)sc1=S. The molecule has 0 spiro atoms. The molecule has 0 unspecified atom stereocenters. The van der Waals surface area contributed by atoms with E-state index in [1.165, 1.54) is 23.1 Å². The van der Waals surface area contributed by atoms with Gasteiger partial charge in [0.05, 0.1) is 11.4 Å². The van der Waals surface area contributed by atoms with E-state index in [0.29, 0.717) is 16.3 Å². The van der Waals surface area contributed by atoms with Crippen LogP contribution in [-0.2, 0) is 11.3 Å². The van der Waals surface area contributed by atoms with E-state index in [1.807, 2.05) is 49.7 Å². The molecule has 3 rings (SSSR count). The molecule has 0 aliphatic rings. The topological polar surface area (TPSA) is 38.1 Å². The molecule has 8 heteroatoms. The summed E-state index contributed by atoms with van der Waals surface area (Å²) in [4.78, 5) is 14.1. The molecule has 0 aliphatic heterocycles. The zero-order valence-corrected chi connectivity index (χ0v) is 17.1. The quantitative estimate of drug-likeness (QED) is 0.435. The first-order chi connectivity index (χ1) is 12.0. The van der Waals surface area contributed by atoms with E-state index in [0.717, 1.165) is 21.2 Å². The summed E-state index contributed by atoms with van der Waals surface area (Å²) >= 11 is 9.95. The van der Waals surface area contributed by atoms with Gasteiger partial charge in [-0.15, -0.1) is 5.10 Å². The van der Waals surface area contributed by atoms with Crippen LogP contribution in [0.25, 0.3) is 5.69 Å². The number of para-hydroxylation sites is 1. The predicted octanol–water partition coefficient (Wildman–Crippen LogP) is 4.78. The highest BCUT2D eigenvalue weighted by atomic mass is 32.2. The molecule has 1 amide bonds. The number of carbonyl (C=O) groups is 1. The molecule has 1 aromatic carbocycles. The van der Waals surface area contributed by atoms with Crippen LogP contribution in [0.1, 0.15) is 11.1 Å². The molecule has 2 heterocycles. The van der Waals surface area contributed by atoms with Crippen molar-refractivity contribution >= 4 is 52.6 Å². The highest BCUT2D eigenvalue weighted by Gasteiger charge is 2.13. The minimum Gasteiger partial charge on any atom is -0.341 e. The van der Waals surface area contributed by atoms with Crippen molar-refractivity contribution in [1.82, 2.24) is 14.7 Å². The van der Waals surface area contributed by atoms with Gasteiger partial charge in [-0.3, -0.25) is 4.79 Å². The van der Waals surface area contributed by atoms with E-state index >= 15 is 0 Å². The molecule has 0 atom stereocenters. The molecule has 0 bridgehead atoms. The monoisotopic (exact) mass is 407 g/mol. The Morgan fingerprint density at radius 3 is 2.88 bits per heavy atom. The number of thiophene rings is 1. The van der Waals surface area contributed by atoms with Crippen LogP contribution in [0.2, 0.25) is 0 Å². The predicted molar refractivity (Wildman–Crippen MR) is 109 cm³/mol. The van der Waals surface area contributed by atoms with Crippen molar-refractivity contribution in [3.63, 3.8) is 0 Å². The second-order valence-electron chi connectivity index (χ2n) is 5.50. The molecule has 0 fully saturated rings. The number of hydrogen-bond donors (Lipinski definition) is 0. The lowest BCUT2D eigenvalue weighted by molar-refractivity contribution is -0.127. The van der Waals surface area contributed by atoms with E-state index < -0.39 is 0 Å². The molecule has 25 heavy (non-hydrogen) atoms. The van der Waals surface area contributed by atoms with Gasteiger partial charge in [0.2, 0.25) is 5.91 Å². The van der Waals surface area contributed by atoms with Crippen molar-refractivity contribution in [3.8, 4) is 5.69 Å². The van der Waals surface area contributed by atoms with E-state index in [4.69, 9.17) is 12.2 Å². The number of aryl methyl sites for hydroxylation is 1. The Balaban J connectivity index is 1.64. The second kappa shape index (κ2) is 8.27. The Labute approximate surface area is 164 Å². The Morgan fingerprint density at radius 2 is 2.16 bits per heavy atom. The maximum absolute atomic E-state index is 12.3. The van der Waals surface area contributed by atoms with Gasteiger partial charge in [-0.25, -0.2) is 4.68 Å². The molecule has 0 saturated carbocycles. The first-order valence-corrected chi connectivity index (χ1v) is 10.7. The van der Waals surface area contributed by atoms with Crippen LogP contribution in [0, 0.1) is 10.9 Å². The number of nitrogens with zero attached hydrogens (tertiary/aromatic N) is 3. The Morgan fingerprint density at radius 1 is 1.36 bits per heavy atom. The van der Waals surface area contributed by atoms with Gasteiger partial charge < -0.3 is 4.90 Å². The van der Waals surface area contributed by atoms with E-state index in [-0.39, 0.29) is 5.91 Å². The zero-order chi connectivity index (χ0) is 17.8. The number of rotatable bonds is 6. The van der Waals surface area contributed by atoms with Gasteiger partial charge in [0, 0.05) is 13.6 Å². The number of aromatic nitrogens is 2. The van der Waals surface area contributed by atoms with Crippen LogP contribution >= 0.6 is 46.7 Å². The molecule has 130 valence electrons. The number of hydrogen-bond acceptors (Lipinski definition) is 6. The summed E-state index contributed by atoms with van der Waals surface area (Å²) in [6.45, 7) is 2.67. The van der Waals surface area contributed by atoms with Crippen LogP contribution in [0.15, 0.2) is 45.4 Å².